The van der Waals surface area contributed by atoms with Gasteiger partial charge in [-0.2, -0.15) is 0 Å². The Bertz CT molecular complexity index is 1020. The van der Waals surface area contributed by atoms with E-state index in [-0.39, 0.29) is 12.7 Å². The van der Waals surface area contributed by atoms with Gasteiger partial charge in [-0.05, 0) is 35.9 Å². The molecule has 0 N–H and O–H groups in total. The van der Waals surface area contributed by atoms with Crippen LogP contribution in [0.3, 0.4) is 0 Å². The minimum absolute atomic E-state index is 0.150. The third-order valence-electron chi connectivity index (χ3n) is 3.90. The van der Waals surface area contributed by atoms with E-state index in [0.717, 1.165) is 22.3 Å². The van der Waals surface area contributed by atoms with Crippen molar-refractivity contribution in [3.8, 4) is 11.5 Å². The minimum atomic E-state index is -0.150. The first-order valence-electron chi connectivity index (χ1n) is 8.09. The summed E-state index contributed by atoms with van der Waals surface area (Å²) in [6, 6.07) is 13.2. The number of ether oxygens (including phenoxy) is 2. The number of benzene rings is 2. The topological polar surface area (TPSA) is 53.4 Å². The van der Waals surface area contributed by atoms with Gasteiger partial charge in [0.2, 0.25) is 6.79 Å². The molecule has 0 spiro atoms. The Balaban J connectivity index is 1.66. The highest BCUT2D eigenvalue weighted by atomic mass is 32.2. The molecule has 1 aliphatic rings. The summed E-state index contributed by atoms with van der Waals surface area (Å²) in [5.74, 6) is 1.94. The Morgan fingerprint density at radius 3 is 2.96 bits per heavy atom. The van der Waals surface area contributed by atoms with Crippen LogP contribution in [0.1, 0.15) is 10.4 Å². The van der Waals surface area contributed by atoms with Gasteiger partial charge in [-0.25, -0.2) is 4.98 Å². The predicted molar refractivity (Wildman–Crippen MR) is 103 cm³/mol. The van der Waals surface area contributed by atoms with Gasteiger partial charge in [-0.15, -0.1) is 6.58 Å². The first kappa shape index (κ1) is 16.5. The maximum atomic E-state index is 12.9. The van der Waals surface area contributed by atoms with Crippen molar-refractivity contribution in [3.05, 3.63) is 66.8 Å². The zero-order valence-electron chi connectivity index (χ0n) is 13.9. The highest BCUT2D eigenvalue weighted by Crippen LogP contribution is 2.33. The molecule has 1 aliphatic heterocycles. The number of carbonyl (C=O) groups excluding carboxylic acids is 1. The van der Waals surface area contributed by atoms with E-state index in [9.17, 15) is 4.79 Å². The number of hydrogen-bond donors (Lipinski definition) is 0. The molecule has 0 unspecified atom stereocenters. The lowest BCUT2D eigenvalue weighted by molar-refractivity contribution is 0.0965. The van der Waals surface area contributed by atoms with Crippen molar-refractivity contribution in [1.82, 2.24) is 9.55 Å². The normalized spacial score (nSPS) is 12.8. The Labute approximate surface area is 154 Å². The average Bonchev–Trinajstić information content (AvgIpc) is 3.27. The zero-order valence-corrected chi connectivity index (χ0v) is 14.7. The molecular formula is C20H16N2O3S. The van der Waals surface area contributed by atoms with E-state index in [1.54, 1.807) is 22.8 Å². The molecule has 130 valence electrons. The van der Waals surface area contributed by atoms with Crippen molar-refractivity contribution in [1.29, 1.82) is 0 Å². The van der Waals surface area contributed by atoms with E-state index < -0.39 is 0 Å². The SMILES string of the molecule is C=CCSc1nc2ccccc2n1C(=O)C=Cc1ccc2c(c1)OCO2. The number of para-hydroxylation sites is 2. The fraction of sp³-hybridized carbons (Fsp3) is 0.100. The number of hydrogen-bond acceptors (Lipinski definition) is 5. The molecule has 6 heteroatoms. The lowest BCUT2D eigenvalue weighted by Gasteiger charge is -2.04. The predicted octanol–water partition coefficient (Wildman–Crippen LogP) is 4.40. The molecule has 0 radical (unpaired) electrons. The van der Waals surface area contributed by atoms with Crippen LogP contribution < -0.4 is 9.47 Å². The van der Waals surface area contributed by atoms with Crippen LogP contribution in [0.25, 0.3) is 17.1 Å². The lowest BCUT2D eigenvalue weighted by atomic mass is 10.2. The van der Waals surface area contributed by atoms with Crippen LogP contribution in [-0.2, 0) is 0 Å². The van der Waals surface area contributed by atoms with Gasteiger partial charge in [0.1, 0.15) is 0 Å². The third kappa shape index (κ3) is 3.11. The van der Waals surface area contributed by atoms with Crippen LogP contribution in [0.15, 0.2) is 66.4 Å². The van der Waals surface area contributed by atoms with Crippen molar-refractivity contribution < 1.29 is 14.3 Å². The molecule has 0 aliphatic carbocycles. The molecule has 26 heavy (non-hydrogen) atoms. The summed E-state index contributed by atoms with van der Waals surface area (Å²) in [5, 5.41) is 0.659. The molecule has 4 rings (SSSR count). The fourth-order valence-corrected chi connectivity index (χ4v) is 3.45. The molecule has 0 fully saturated rings. The quantitative estimate of drug-likeness (QED) is 0.382. The molecule has 5 nitrogen and oxygen atoms in total. The van der Waals surface area contributed by atoms with Crippen molar-refractivity contribution in [3.63, 3.8) is 0 Å². The Kier molecular flexibility index (Phi) is 4.50. The monoisotopic (exact) mass is 364 g/mol. The first-order chi connectivity index (χ1) is 12.8. The molecule has 1 aromatic heterocycles. The molecular weight excluding hydrogens is 348 g/mol. The van der Waals surface area contributed by atoms with E-state index in [1.165, 1.54) is 11.8 Å². The summed E-state index contributed by atoms with van der Waals surface area (Å²) in [5.41, 5.74) is 2.45. The zero-order chi connectivity index (χ0) is 17.9. The molecule has 2 heterocycles. The smallest absolute Gasteiger partial charge is 0.257 e. The van der Waals surface area contributed by atoms with E-state index in [2.05, 4.69) is 11.6 Å². The van der Waals surface area contributed by atoms with Gasteiger partial charge in [-0.1, -0.05) is 36.0 Å². The summed E-state index contributed by atoms with van der Waals surface area (Å²) in [6.45, 7) is 3.96. The van der Waals surface area contributed by atoms with Gasteiger partial charge in [-0.3, -0.25) is 9.36 Å². The molecule has 0 atom stereocenters. The summed E-state index contributed by atoms with van der Waals surface area (Å²) in [7, 11) is 0. The third-order valence-corrected chi connectivity index (χ3v) is 4.83. The molecule has 3 aromatic rings. The Morgan fingerprint density at radius 2 is 2.08 bits per heavy atom. The summed E-state index contributed by atoms with van der Waals surface area (Å²) in [6.07, 6.45) is 5.10. The number of thioether (sulfide) groups is 1. The minimum Gasteiger partial charge on any atom is -0.454 e. The molecule has 0 bridgehead atoms. The summed E-state index contributed by atoms with van der Waals surface area (Å²) < 4.78 is 12.3. The van der Waals surface area contributed by atoms with Gasteiger partial charge in [0, 0.05) is 11.8 Å². The van der Waals surface area contributed by atoms with E-state index in [0.29, 0.717) is 16.7 Å². The summed E-state index contributed by atoms with van der Waals surface area (Å²) >= 11 is 1.48. The van der Waals surface area contributed by atoms with Crippen LogP contribution in [0.4, 0.5) is 0 Å². The van der Waals surface area contributed by atoms with Gasteiger partial charge in [0.25, 0.3) is 5.91 Å². The van der Waals surface area contributed by atoms with Gasteiger partial charge in [0.05, 0.1) is 11.0 Å². The highest BCUT2D eigenvalue weighted by molar-refractivity contribution is 7.99. The maximum absolute atomic E-state index is 12.9. The maximum Gasteiger partial charge on any atom is 0.257 e. The van der Waals surface area contributed by atoms with Crippen LogP contribution in [0, 0.1) is 0 Å². The number of imidazole rings is 1. The molecule has 0 saturated heterocycles. The fourth-order valence-electron chi connectivity index (χ4n) is 2.71. The number of aromatic nitrogens is 2. The van der Waals surface area contributed by atoms with Crippen molar-refractivity contribution >= 4 is 34.8 Å². The Hall–Kier alpha value is -2.99. The van der Waals surface area contributed by atoms with E-state index >= 15 is 0 Å². The second-order valence-electron chi connectivity index (χ2n) is 5.60. The molecule has 0 amide bonds. The van der Waals surface area contributed by atoms with Crippen molar-refractivity contribution in [2.24, 2.45) is 0 Å². The van der Waals surface area contributed by atoms with Crippen molar-refractivity contribution in [2.45, 2.75) is 5.16 Å². The van der Waals surface area contributed by atoms with Crippen LogP contribution in [-0.4, -0.2) is 28.0 Å². The first-order valence-corrected chi connectivity index (χ1v) is 9.08. The number of rotatable bonds is 5. The molecule has 0 saturated carbocycles. The molecule has 2 aromatic carbocycles. The standard InChI is InChI=1S/C20H16N2O3S/c1-2-11-26-20-21-15-5-3-4-6-16(15)22(20)19(23)10-8-14-7-9-17-18(12-14)25-13-24-17/h2-10,12H,1,11,13H2. The average molecular weight is 364 g/mol. The highest BCUT2D eigenvalue weighted by Gasteiger charge is 2.15. The Morgan fingerprint density at radius 1 is 1.23 bits per heavy atom. The largest absolute Gasteiger partial charge is 0.454 e. The van der Waals surface area contributed by atoms with Crippen molar-refractivity contribution in [2.75, 3.05) is 12.5 Å². The van der Waals surface area contributed by atoms with Gasteiger partial charge in [0.15, 0.2) is 16.7 Å². The number of carbonyl (C=O) groups is 1. The van der Waals surface area contributed by atoms with Crippen LogP contribution >= 0.6 is 11.8 Å². The van der Waals surface area contributed by atoms with E-state index in [4.69, 9.17) is 9.47 Å². The van der Waals surface area contributed by atoms with Gasteiger partial charge < -0.3 is 9.47 Å². The lowest BCUT2D eigenvalue weighted by Crippen LogP contribution is -2.08. The van der Waals surface area contributed by atoms with Gasteiger partial charge >= 0.3 is 0 Å². The number of nitrogens with zero attached hydrogens (tertiary/aromatic N) is 2. The second-order valence-corrected chi connectivity index (χ2v) is 6.59. The van der Waals surface area contributed by atoms with E-state index in [1.807, 2.05) is 42.5 Å². The number of fused-ring (bicyclic) bond motifs is 2. The van der Waals surface area contributed by atoms with Crippen LogP contribution in [0.2, 0.25) is 0 Å². The second kappa shape index (κ2) is 7.09. The number of allylic oxidation sites excluding steroid dienone is 1. The van der Waals surface area contributed by atoms with Crippen LogP contribution in [0.5, 0.6) is 11.5 Å². The summed E-state index contributed by atoms with van der Waals surface area (Å²) in [4.78, 5) is 17.4.